The summed E-state index contributed by atoms with van der Waals surface area (Å²) in [5.41, 5.74) is 0. The van der Waals surface area contributed by atoms with Crippen molar-refractivity contribution in [3.63, 3.8) is 0 Å². The SMILES string of the molecule is O=C(CCl)N(Cc1ccco1)CC(F)(F)F. The molecule has 3 nitrogen and oxygen atoms in total. The molecule has 1 aromatic heterocycles. The lowest BCUT2D eigenvalue weighted by atomic mass is 10.3. The summed E-state index contributed by atoms with van der Waals surface area (Å²) < 4.78 is 41.4. The van der Waals surface area contributed by atoms with Crippen LogP contribution >= 0.6 is 11.6 Å². The summed E-state index contributed by atoms with van der Waals surface area (Å²) in [7, 11) is 0. The van der Waals surface area contributed by atoms with E-state index < -0.39 is 24.5 Å². The van der Waals surface area contributed by atoms with Gasteiger partial charge in [0.15, 0.2) is 0 Å². The van der Waals surface area contributed by atoms with Gasteiger partial charge in [0.2, 0.25) is 5.91 Å². The maximum absolute atomic E-state index is 12.2. The highest BCUT2D eigenvalue weighted by Gasteiger charge is 2.33. The van der Waals surface area contributed by atoms with Crippen molar-refractivity contribution in [3.8, 4) is 0 Å². The Hall–Kier alpha value is -1.17. The Bertz CT molecular complexity index is 337. The molecule has 0 spiro atoms. The van der Waals surface area contributed by atoms with Gasteiger partial charge in [-0.15, -0.1) is 11.6 Å². The van der Waals surface area contributed by atoms with Gasteiger partial charge in [-0.1, -0.05) is 0 Å². The van der Waals surface area contributed by atoms with Gasteiger partial charge in [-0.25, -0.2) is 0 Å². The van der Waals surface area contributed by atoms with E-state index >= 15 is 0 Å². The summed E-state index contributed by atoms with van der Waals surface area (Å²) in [4.78, 5) is 11.8. The van der Waals surface area contributed by atoms with E-state index in [2.05, 4.69) is 0 Å². The molecule has 1 rings (SSSR count). The van der Waals surface area contributed by atoms with Crippen LogP contribution in [0.2, 0.25) is 0 Å². The fourth-order valence-electron chi connectivity index (χ4n) is 1.12. The van der Waals surface area contributed by atoms with Crippen LogP contribution in [-0.2, 0) is 11.3 Å². The number of furan rings is 1. The van der Waals surface area contributed by atoms with Crippen molar-refractivity contribution in [1.82, 2.24) is 4.90 Å². The molecular formula is C9H9ClF3NO2. The Balaban J connectivity index is 2.68. The molecule has 0 aliphatic heterocycles. The molecule has 0 N–H and O–H groups in total. The van der Waals surface area contributed by atoms with Crippen molar-refractivity contribution in [2.75, 3.05) is 12.4 Å². The molecule has 90 valence electrons. The highest BCUT2D eigenvalue weighted by molar-refractivity contribution is 6.27. The molecule has 1 aromatic rings. The molecule has 0 fully saturated rings. The van der Waals surface area contributed by atoms with Crippen LogP contribution in [-0.4, -0.2) is 29.4 Å². The Morgan fingerprint density at radius 2 is 2.19 bits per heavy atom. The maximum Gasteiger partial charge on any atom is 0.406 e. The van der Waals surface area contributed by atoms with Crippen LogP contribution in [0, 0.1) is 0 Å². The Kier molecular flexibility index (Phi) is 4.23. The maximum atomic E-state index is 12.2. The highest BCUT2D eigenvalue weighted by Crippen LogP contribution is 2.18. The molecule has 7 heteroatoms. The summed E-state index contributed by atoms with van der Waals surface area (Å²) in [6.07, 6.45) is -3.12. The second-order valence-electron chi connectivity index (χ2n) is 3.08. The third-order valence-corrected chi connectivity index (χ3v) is 1.99. The molecule has 0 aromatic carbocycles. The molecule has 0 atom stereocenters. The van der Waals surface area contributed by atoms with Gasteiger partial charge in [0.25, 0.3) is 0 Å². The lowest BCUT2D eigenvalue weighted by Crippen LogP contribution is -2.39. The zero-order chi connectivity index (χ0) is 12.2. The Labute approximate surface area is 94.8 Å². The number of nitrogens with zero attached hydrogens (tertiary/aromatic N) is 1. The number of halogens is 4. The molecule has 0 saturated heterocycles. The standard InChI is InChI=1S/C9H9ClF3NO2/c10-4-8(15)14(6-9(11,12)13)5-7-2-1-3-16-7/h1-3H,4-6H2. The molecule has 1 amide bonds. The summed E-state index contributed by atoms with van der Waals surface area (Å²) >= 11 is 5.23. The van der Waals surface area contributed by atoms with E-state index in [0.29, 0.717) is 4.90 Å². The Morgan fingerprint density at radius 1 is 1.50 bits per heavy atom. The summed E-state index contributed by atoms with van der Waals surface area (Å²) in [6, 6.07) is 3.02. The van der Waals surface area contributed by atoms with Crippen molar-refractivity contribution in [1.29, 1.82) is 0 Å². The van der Waals surface area contributed by atoms with Crippen molar-refractivity contribution in [2.45, 2.75) is 12.7 Å². The summed E-state index contributed by atoms with van der Waals surface area (Å²) in [5.74, 6) is -0.991. The number of amides is 1. The predicted octanol–water partition coefficient (Wildman–Crippen LogP) is 2.41. The van der Waals surface area contributed by atoms with Gasteiger partial charge < -0.3 is 9.32 Å². The fraction of sp³-hybridized carbons (Fsp3) is 0.444. The molecule has 16 heavy (non-hydrogen) atoms. The van der Waals surface area contributed by atoms with Gasteiger partial charge in [-0.3, -0.25) is 4.79 Å². The van der Waals surface area contributed by atoms with E-state index in [4.69, 9.17) is 16.0 Å². The first-order valence-electron chi connectivity index (χ1n) is 4.35. The fourth-order valence-corrected chi connectivity index (χ4v) is 1.29. The number of hydrogen-bond donors (Lipinski definition) is 0. The average Bonchev–Trinajstić information content (AvgIpc) is 2.66. The van der Waals surface area contributed by atoms with Crippen LogP contribution in [0.4, 0.5) is 13.2 Å². The minimum absolute atomic E-state index is 0.238. The lowest BCUT2D eigenvalue weighted by Gasteiger charge is -2.21. The zero-order valence-corrected chi connectivity index (χ0v) is 8.88. The predicted molar refractivity (Wildman–Crippen MR) is 50.9 cm³/mol. The van der Waals surface area contributed by atoms with E-state index in [1.165, 1.54) is 18.4 Å². The van der Waals surface area contributed by atoms with Gasteiger partial charge in [-0.05, 0) is 12.1 Å². The molecule has 0 aliphatic carbocycles. The van der Waals surface area contributed by atoms with Crippen LogP contribution < -0.4 is 0 Å². The molecule has 0 unspecified atom stereocenters. The lowest BCUT2D eigenvalue weighted by molar-refractivity contribution is -0.161. The number of carbonyl (C=O) groups is 1. The van der Waals surface area contributed by atoms with Crippen LogP contribution in [0.3, 0.4) is 0 Å². The van der Waals surface area contributed by atoms with E-state index in [0.717, 1.165) is 0 Å². The van der Waals surface area contributed by atoms with Crippen LogP contribution in [0.15, 0.2) is 22.8 Å². The van der Waals surface area contributed by atoms with Gasteiger partial charge in [0.05, 0.1) is 12.8 Å². The quantitative estimate of drug-likeness (QED) is 0.774. The Morgan fingerprint density at radius 3 is 2.62 bits per heavy atom. The third-order valence-electron chi connectivity index (χ3n) is 1.76. The first-order chi connectivity index (χ1) is 7.42. The minimum Gasteiger partial charge on any atom is -0.467 e. The second kappa shape index (κ2) is 5.25. The summed E-state index contributed by atoms with van der Waals surface area (Å²) in [5, 5.41) is 0. The minimum atomic E-state index is -4.45. The van der Waals surface area contributed by atoms with E-state index in [1.807, 2.05) is 0 Å². The van der Waals surface area contributed by atoms with Crippen LogP contribution in [0.5, 0.6) is 0 Å². The van der Waals surface area contributed by atoms with Crippen LogP contribution in [0.25, 0.3) is 0 Å². The number of rotatable bonds is 4. The van der Waals surface area contributed by atoms with Gasteiger partial charge in [0, 0.05) is 0 Å². The first-order valence-corrected chi connectivity index (χ1v) is 4.88. The topological polar surface area (TPSA) is 33.5 Å². The number of alkyl halides is 4. The molecule has 1 heterocycles. The van der Waals surface area contributed by atoms with Gasteiger partial charge >= 0.3 is 6.18 Å². The largest absolute Gasteiger partial charge is 0.467 e. The molecule has 0 bridgehead atoms. The average molecular weight is 256 g/mol. The normalized spacial score (nSPS) is 11.5. The van der Waals surface area contributed by atoms with Crippen molar-refractivity contribution < 1.29 is 22.4 Å². The smallest absolute Gasteiger partial charge is 0.406 e. The molecule has 0 aliphatic rings. The second-order valence-corrected chi connectivity index (χ2v) is 3.35. The van der Waals surface area contributed by atoms with E-state index in [1.54, 1.807) is 0 Å². The summed E-state index contributed by atoms with van der Waals surface area (Å²) in [6.45, 7) is -1.57. The number of carbonyl (C=O) groups excluding carboxylic acids is 1. The third kappa shape index (κ3) is 4.14. The van der Waals surface area contributed by atoms with Crippen molar-refractivity contribution in [3.05, 3.63) is 24.2 Å². The van der Waals surface area contributed by atoms with Crippen molar-refractivity contribution in [2.24, 2.45) is 0 Å². The van der Waals surface area contributed by atoms with E-state index in [9.17, 15) is 18.0 Å². The van der Waals surface area contributed by atoms with Gasteiger partial charge in [0.1, 0.15) is 18.2 Å². The molecule has 0 radical (unpaired) electrons. The van der Waals surface area contributed by atoms with Crippen LogP contribution in [0.1, 0.15) is 5.76 Å². The highest BCUT2D eigenvalue weighted by atomic mass is 35.5. The van der Waals surface area contributed by atoms with E-state index in [-0.39, 0.29) is 12.3 Å². The van der Waals surface area contributed by atoms with Crippen molar-refractivity contribution >= 4 is 17.5 Å². The number of hydrogen-bond acceptors (Lipinski definition) is 2. The molecular weight excluding hydrogens is 247 g/mol. The van der Waals surface area contributed by atoms with Gasteiger partial charge in [-0.2, -0.15) is 13.2 Å². The monoisotopic (exact) mass is 255 g/mol. The zero-order valence-electron chi connectivity index (χ0n) is 8.13. The molecule has 0 saturated carbocycles. The first kappa shape index (κ1) is 12.9.